The van der Waals surface area contributed by atoms with Gasteiger partial charge in [-0.1, -0.05) is 0 Å². The minimum absolute atomic E-state index is 0.0211. The maximum atomic E-state index is 5.79. The predicted octanol–water partition coefficient (Wildman–Crippen LogP) is 2.14. The molecule has 0 aliphatic carbocycles. The maximum absolute atomic E-state index is 5.79. The molecule has 0 aromatic heterocycles. The van der Waals surface area contributed by atoms with Gasteiger partial charge >= 0.3 is 0 Å². The van der Waals surface area contributed by atoms with Crippen molar-refractivity contribution in [2.24, 2.45) is 0 Å². The molecule has 1 aliphatic heterocycles. The van der Waals surface area contributed by atoms with Gasteiger partial charge in [0.1, 0.15) is 17.6 Å². The fraction of sp³-hybridized carbons (Fsp3) is 0.571. The molecule has 2 atom stereocenters. The van der Waals surface area contributed by atoms with E-state index in [1.807, 2.05) is 19.2 Å². The lowest BCUT2D eigenvalue weighted by Gasteiger charge is -2.31. The zero-order valence-electron chi connectivity index (χ0n) is 11.9. The van der Waals surface area contributed by atoms with Crippen LogP contribution in [0.5, 0.6) is 11.5 Å². The molecular formula is C14H20BrNO4. The lowest BCUT2D eigenvalue weighted by molar-refractivity contribution is -0.102. The largest absolute Gasteiger partial charge is 0.496 e. The quantitative estimate of drug-likeness (QED) is 0.885. The average molecular weight is 346 g/mol. The van der Waals surface area contributed by atoms with Gasteiger partial charge in [0.25, 0.3) is 0 Å². The van der Waals surface area contributed by atoms with Crippen molar-refractivity contribution in [3.63, 3.8) is 0 Å². The first-order chi connectivity index (χ1) is 9.71. The minimum atomic E-state index is -0.0477. The van der Waals surface area contributed by atoms with Gasteiger partial charge in [0.2, 0.25) is 0 Å². The molecule has 1 N–H and O–H groups in total. The molecule has 6 heteroatoms. The number of halogens is 1. The van der Waals surface area contributed by atoms with Crippen LogP contribution >= 0.6 is 15.9 Å². The molecule has 5 nitrogen and oxygen atoms in total. The molecule has 0 radical (unpaired) electrons. The molecule has 0 amide bonds. The molecule has 0 spiro atoms. The summed E-state index contributed by atoms with van der Waals surface area (Å²) in [6.45, 7) is 1.82. The van der Waals surface area contributed by atoms with Gasteiger partial charge in [-0.05, 0) is 35.1 Å². The van der Waals surface area contributed by atoms with E-state index in [9.17, 15) is 0 Å². The van der Waals surface area contributed by atoms with E-state index in [2.05, 4.69) is 21.2 Å². The molecule has 2 unspecified atom stereocenters. The van der Waals surface area contributed by atoms with Crippen molar-refractivity contribution in [1.82, 2.24) is 5.32 Å². The molecule has 1 aromatic rings. The van der Waals surface area contributed by atoms with Crippen LogP contribution in [0, 0.1) is 0 Å². The number of rotatable bonds is 5. The van der Waals surface area contributed by atoms with Gasteiger partial charge in [-0.25, -0.2) is 0 Å². The molecule has 1 saturated heterocycles. The molecule has 1 fully saturated rings. The lowest BCUT2D eigenvalue weighted by atomic mass is 10.00. The Labute approximate surface area is 127 Å². The third-order valence-corrected chi connectivity index (χ3v) is 3.98. The van der Waals surface area contributed by atoms with E-state index in [0.29, 0.717) is 19.8 Å². The molecule has 1 aromatic carbocycles. The predicted molar refractivity (Wildman–Crippen MR) is 79.6 cm³/mol. The van der Waals surface area contributed by atoms with E-state index < -0.39 is 0 Å². The maximum Gasteiger partial charge on any atom is 0.133 e. The number of likely N-dealkylation sites (N-methyl/N-ethyl adjacent to an activating group) is 1. The molecule has 20 heavy (non-hydrogen) atoms. The Hall–Kier alpha value is -0.820. The lowest BCUT2D eigenvalue weighted by Crippen LogP contribution is -2.39. The van der Waals surface area contributed by atoms with E-state index >= 15 is 0 Å². The zero-order valence-corrected chi connectivity index (χ0v) is 13.5. The van der Waals surface area contributed by atoms with Gasteiger partial charge in [0, 0.05) is 5.56 Å². The van der Waals surface area contributed by atoms with E-state index in [1.165, 1.54) is 0 Å². The highest BCUT2D eigenvalue weighted by Gasteiger charge is 2.28. The first kappa shape index (κ1) is 15.6. The SMILES string of the molecule is CNC(c1cc(OC)c(Br)cc1OC)C1COCCO1. The zero-order chi connectivity index (χ0) is 14.5. The van der Waals surface area contributed by atoms with Gasteiger partial charge < -0.3 is 24.3 Å². The fourth-order valence-electron chi connectivity index (χ4n) is 2.37. The second-order valence-electron chi connectivity index (χ2n) is 4.48. The van der Waals surface area contributed by atoms with E-state index in [1.54, 1.807) is 14.2 Å². The smallest absolute Gasteiger partial charge is 0.133 e. The number of methoxy groups -OCH3 is 2. The first-order valence-corrected chi connectivity index (χ1v) is 7.28. The number of nitrogens with one attached hydrogen (secondary N) is 1. The Balaban J connectivity index is 2.36. The summed E-state index contributed by atoms with van der Waals surface area (Å²) in [6.07, 6.45) is -0.0477. The Morgan fingerprint density at radius 3 is 2.55 bits per heavy atom. The van der Waals surface area contributed by atoms with Gasteiger partial charge in [0.15, 0.2) is 0 Å². The van der Waals surface area contributed by atoms with Crippen molar-refractivity contribution in [2.75, 3.05) is 41.1 Å². The van der Waals surface area contributed by atoms with Crippen LogP contribution in [-0.2, 0) is 9.47 Å². The fourth-order valence-corrected chi connectivity index (χ4v) is 2.85. The van der Waals surface area contributed by atoms with E-state index in [4.69, 9.17) is 18.9 Å². The summed E-state index contributed by atoms with van der Waals surface area (Å²) in [6, 6.07) is 3.84. The van der Waals surface area contributed by atoms with Crippen molar-refractivity contribution >= 4 is 15.9 Å². The summed E-state index contributed by atoms with van der Waals surface area (Å²) >= 11 is 3.47. The molecule has 1 heterocycles. The van der Waals surface area contributed by atoms with Gasteiger partial charge in [-0.15, -0.1) is 0 Å². The Morgan fingerprint density at radius 1 is 1.25 bits per heavy atom. The van der Waals surface area contributed by atoms with Gasteiger partial charge in [-0.3, -0.25) is 0 Å². The van der Waals surface area contributed by atoms with E-state index in [-0.39, 0.29) is 12.1 Å². The highest BCUT2D eigenvalue weighted by Crippen LogP contribution is 2.37. The normalized spacial score (nSPS) is 20.5. The van der Waals surface area contributed by atoms with Crippen LogP contribution < -0.4 is 14.8 Å². The van der Waals surface area contributed by atoms with E-state index in [0.717, 1.165) is 21.5 Å². The molecular weight excluding hydrogens is 326 g/mol. The molecule has 0 bridgehead atoms. The Morgan fingerprint density at radius 2 is 2.00 bits per heavy atom. The summed E-state index contributed by atoms with van der Waals surface area (Å²) in [5.74, 6) is 1.55. The van der Waals surface area contributed by atoms with Crippen molar-refractivity contribution in [3.8, 4) is 11.5 Å². The molecule has 1 aliphatic rings. The van der Waals surface area contributed by atoms with Crippen molar-refractivity contribution in [1.29, 1.82) is 0 Å². The highest BCUT2D eigenvalue weighted by atomic mass is 79.9. The van der Waals surface area contributed by atoms with Crippen LogP contribution in [0.3, 0.4) is 0 Å². The number of hydrogen-bond acceptors (Lipinski definition) is 5. The minimum Gasteiger partial charge on any atom is -0.496 e. The number of hydrogen-bond donors (Lipinski definition) is 1. The summed E-state index contributed by atoms with van der Waals surface area (Å²) in [4.78, 5) is 0. The monoisotopic (exact) mass is 345 g/mol. The third-order valence-electron chi connectivity index (χ3n) is 3.36. The summed E-state index contributed by atoms with van der Waals surface area (Å²) in [5, 5.41) is 3.28. The van der Waals surface area contributed by atoms with Crippen LogP contribution in [0.25, 0.3) is 0 Å². The molecule has 2 rings (SSSR count). The second-order valence-corrected chi connectivity index (χ2v) is 5.33. The molecule has 0 saturated carbocycles. The summed E-state index contributed by atoms with van der Waals surface area (Å²) < 4.78 is 23.0. The standard InChI is InChI=1S/C14H20BrNO4/c1-16-14(13-8-19-4-5-20-13)9-6-12(18-3)10(15)7-11(9)17-2/h6-7,13-14,16H,4-5,8H2,1-3H3. The van der Waals surface area contributed by atoms with Crippen molar-refractivity contribution in [2.45, 2.75) is 12.1 Å². The summed E-state index contributed by atoms with van der Waals surface area (Å²) in [5.41, 5.74) is 0.991. The van der Waals surface area contributed by atoms with Crippen molar-refractivity contribution < 1.29 is 18.9 Å². The van der Waals surface area contributed by atoms with Crippen molar-refractivity contribution in [3.05, 3.63) is 22.2 Å². The molecule has 112 valence electrons. The second kappa shape index (κ2) is 7.26. The van der Waals surface area contributed by atoms with Crippen LogP contribution in [0.4, 0.5) is 0 Å². The Bertz CT molecular complexity index is 449. The highest BCUT2D eigenvalue weighted by molar-refractivity contribution is 9.10. The van der Waals surface area contributed by atoms with Gasteiger partial charge in [0.05, 0.1) is 44.6 Å². The van der Waals surface area contributed by atoms with Gasteiger partial charge in [-0.2, -0.15) is 0 Å². The summed E-state index contributed by atoms with van der Waals surface area (Å²) in [7, 11) is 5.20. The number of ether oxygens (including phenoxy) is 4. The topological polar surface area (TPSA) is 49.0 Å². The van der Waals surface area contributed by atoms with Crippen LogP contribution in [0.1, 0.15) is 11.6 Å². The third kappa shape index (κ3) is 3.25. The van der Waals surface area contributed by atoms with Crippen LogP contribution in [0.15, 0.2) is 16.6 Å². The first-order valence-electron chi connectivity index (χ1n) is 6.49. The van der Waals surface area contributed by atoms with Crippen LogP contribution in [0.2, 0.25) is 0 Å². The average Bonchev–Trinajstić information content (AvgIpc) is 2.50. The van der Waals surface area contributed by atoms with Crippen LogP contribution in [-0.4, -0.2) is 47.2 Å². The Kier molecular flexibility index (Phi) is 5.65. The number of benzene rings is 1.